The first-order valence-corrected chi connectivity index (χ1v) is 8.58. The minimum Gasteiger partial charge on any atom is -0.350 e. The molecule has 0 bridgehead atoms. The van der Waals surface area contributed by atoms with Gasteiger partial charge in [-0.25, -0.2) is 0 Å². The van der Waals surface area contributed by atoms with Crippen LogP contribution in [0.5, 0.6) is 0 Å². The summed E-state index contributed by atoms with van der Waals surface area (Å²) in [5.74, 6) is 0.712. The van der Waals surface area contributed by atoms with Gasteiger partial charge in [0.2, 0.25) is 5.91 Å². The number of rotatable bonds is 4. The monoisotopic (exact) mass is 321 g/mol. The standard InChI is InChI=1S/C17H27N3O3/c1-11(16-12(2)18-19-13(16)3)9-15(21)20-6-4-5-14(10-20)17-22-7-8-23-17/h11,14,17H,4-10H2,1-3H3,(H,18,19)/t11-,14-/m1/s1. The zero-order valence-corrected chi connectivity index (χ0v) is 14.3. The van der Waals surface area contributed by atoms with Gasteiger partial charge in [-0.15, -0.1) is 0 Å². The lowest BCUT2D eigenvalue weighted by Crippen LogP contribution is -2.44. The highest BCUT2D eigenvalue weighted by Gasteiger charge is 2.33. The Hall–Kier alpha value is -1.40. The van der Waals surface area contributed by atoms with Crippen molar-refractivity contribution in [2.45, 2.75) is 52.2 Å². The fraction of sp³-hybridized carbons (Fsp3) is 0.765. The van der Waals surface area contributed by atoms with Crippen LogP contribution < -0.4 is 0 Å². The predicted molar refractivity (Wildman–Crippen MR) is 86.1 cm³/mol. The smallest absolute Gasteiger partial charge is 0.223 e. The van der Waals surface area contributed by atoms with E-state index in [1.54, 1.807) is 0 Å². The summed E-state index contributed by atoms with van der Waals surface area (Å²) in [6, 6.07) is 0. The second-order valence-corrected chi connectivity index (χ2v) is 6.80. The zero-order valence-electron chi connectivity index (χ0n) is 14.3. The van der Waals surface area contributed by atoms with Crippen molar-refractivity contribution in [1.82, 2.24) is 15.1 Å². The first-order valence-electron chi connectivity index (χ1n) is 8.58. The Morgan fingerprint density at radius 1 is 1.39 bits per heavy atom. The summed E-state index contributed by atoms with van der Waals surface area (Å²) in [7, 11) is 0. The lowest BCUT2D eigenvalue weighted by Gasteiger charge is -2.35. The van der Waals surface area contributed by atoms with E-state index in [4.69, 9.17) is 9.47 Å². The number of H-pyrrole nitrogens is 1. The lowest BCUT2D eigenvalue weighted by atomic mass is 9.93. The van der Waals surface area contributed by atoms with Gasteiger partial charge in [0, 0.05) is 31.1 Å². The molecule has 23 heavy (non-hydrogen) atoms. The van der Waals surface area contributed by atoms with Gasteiger partial charge in [-0.1, -0.05) is 6.92 Å². The molecule has 128 valence electrons. The third kappa shape index (κ3) is 3.58. The maximum absolute atomic E-state index is 12.7. The van der Waals surface area contributed by atoms with Gasteiger partial charge < -0.3 is 14.4 Å². The van der Waals surface area contributed by atoms with E-state index in [1.807, 2.05) is 18.7 Å². The van der Waals surface area contributed by atoms with E-state index in [2.05, 4.69) is 17.1 Å². The number of nitrogens with one attached hydrogen (secondary N) is 1. The number of amides is 1. The predicted octanol–water partition coefficient (Wildman–Crippen LogP) is 2.13. The molecule has 6 nitrogen and oxygen atoms in total. The highest BCUT2D eigenvalue weighted by molar-refractivity contribution is 5.77. The maximum Gasteiger partial charge on any atom is 0.223 e. The maximum atomic E-state index is 12.7. The molecule has 0 aliphatic carbocycles. The lowest BCUT2D eigenvalue weighted by molar-refractivity contribution is -0.139. The van der Waals surface area contributed by atoms with E-state index in [0.29, 0.717) is 25.6 Å². The van der Waals surface area contributed by atoms with Crippen LogP contribution in [0.25, 0.3) is 0 Å². The minimum atomic E-state index is -0.124. The second kappa shape index (κ2) is 7.01. The number of likely N-dealkylation sites (tertiary alicyclic amines) is 1. The third-order valence-corrected chi connectivity index (χ3v) is 5.00. The van der Waals surface area contributed by atoms with Gasteiger partial charge in [-0.3, -0.25) is 9.89 Å². The van der Waals surface area contributed by atoms with Crippen LogP contribution in [0.3, 0.4) is 0 Å². The third-order valence-electron chi connectivity index (χ3n) is 5.00. The molecule has 0 saturated carbocycles. The van der Waals surface area contributed by atoms with Crippen LogP contribution in [0.1, 0.15) is 49.1 Å². The second-order valence-electron chi connectivity index (χ2n) is 6.80. The van der Waals surface area contributed by atoms with E-state index >= 15 is 0 Å². The number of ether oxygens (including phenoxy) is 2. The SMILES string of the molecule is Cc1n[nH]c(C)c1[C@H](C)CC(=O)N1CCC[C@@H](C2OCCO2)C1. The number of nitrogens with zero attached hydrogens (tertiary/aromatic N) is 2. The topological polar surface area (TPSA) is 67.5 Å². The summed E-state index contributed by atoms with van der Waals surface area (Å²) in [5.41, 5.74) is 3.23. The molecular formula is C17H27N3O3. The average Bonchev–Trinajstić information content (AvgIpc) is 3.17. The molecule has 6 heteroatoms. The normalized spacial score (nSPS) is 24.1. The van der Waals surface area contributed by atoms with Gasteiger partial charge in [-0.05, 0) is 38.2 Å². The Morgan fingerprint density at radius 3 is 2.78 bits per heavy atom. The van der Waals surface area contributed by atoms with Gasteiger partial charge in [0.05, 0.1) is 18.9 Å². The first-order chi connectivity index (χ1) is 11.1. The summed E-state index contributed by atoms with van der Waals surface area (Å²) < 4.78 is 11.2. The van der Waals surface area contributed by atoms with Crippen molar-refractivity contribution in [3.63, 3.8) is 0 Å². The number of aromatic nitrogens is 2. The highest BCUT2D eigenvalue weighted by atomic mass is 16.7. The highest BCUT2D eigenvalue weighted by Crippen LogP contribution is 2.28. The van der Waals surface area contributed by atoms with Crippen molar-refractivity contribution in [3.05, 3.63) is 17.0 Å². The summed E-state index contributed by atoms with van der Waals surface area (Å²) in [4.78, 5) is 14.7. The molecule has 2 atom stereocenters. The van der Waals surface area contributed by atoms with Gasteiger partial charge in [0.25, 0.3) is 0 Å². The summed E-state index contributed by atoms with van der Waals surface area (Å²) >= 11 is 0. The number of aromatic amines is 1. The Bertz CT molecular complexity index is 532. The van der Waals surface area contributed by atoms with Gasteiger partial charge in [0.1, 0.15) is 0 Å². The van der Waals surface area contributed by atoms with Gasteiger partial charge in [0.15, 0.2) is 6.29 Å². The van der Waals surface area contributed by atoms with Crippen molar-refractivity contribution in [3.8, 4) is 0 Å². The number of carbonyl (C=O) groups excluding carboxylic acids is 1. The van der Waals surface area contributed by atoms with E-state index in [-0.39, 0.29) is 18.1 Å². The Kier molecular flexibility index (Phi) is 5.02. The van der Waals surface area contributed by atoms with Crippen LogP contribution in [0.15, 0.2) is 0 Å². The van der Waals surface area contributed by atoms with E-state index in [0.717, 1.165) is 37.3 Å². The average molecular weight is 321 g/mol. The first kappa shape index (κ1) is 16.5. The quantitative estimate of drug-likeness (QED) is 0.922. The largest absolute Gasteiger partial charge is 0.350 e. The molecule has 1 amide bonds. The van der Waals surface area contributed by atoms with Gasteiger partial charge in [-0.2, -0.15) is 5.10 Å². The Labute approximate surface area is 137 Å². The molecule has 2 aliphatic rings. The van der Waals surface area contributed by atoms with Crippen LogP contribution in [-0.4, -0.2) is 53.6 Å². The number of carbonyl (C=O) groups is 1. The molecular weight excluding hydrogens is 294 g/mol. The van der Waals surface area contributed by atoms with Crippen molar-refractivity contribution in [2.75, 3.05) is 26.3 Å². The molecule has 0 spiro atoms. The zero-order chi connectivity index (χ0) is 16.4. The van der Waals surface area contributed by atoms with Crippen LogP contribution in [0.2, 0.25) is 0 Å². The van der Waals surface area contributed by atoms with Crippen LogP contribution in [0, 0.1) is 19.8 Å². The Morgan fingerprint density at radius 2 is 2.13 bits per heavy atom. The number of aryl methyl sites for hydroxylation is 2. The molecule has 1 aromatic rings. The van der Waals surface area contributed by atoms with E-state index in [9.17, 15) is 4.79 Å². The molecule has 0 radical (unpaired) electrons. The van der Waals surface area contributed by atoms with Crippen molar-refractivity contribution < 1.29 is 14.3 Å². The fourth-order valence-corrected chi connectivity index (χ4v) is 3.89. The number of hydrogen-bond donors (Lipinski definition) is 1. The molecule has 2 fully saturated rings. The van der Waals surface area contributed by atoms with E-state index < -0.39 is 0 Å². The molecule has 3 heterocycles. The van der Waals surface area contributed by atoms with Crippen LogP contribution in [0.4, 0.5) is 0 Å². The van der Waals surface area contributed by atoms with Crippen molar-refractivity contribution in [1.29, 1.82) is 0 Å². The summed E-state index contributed by atoms with van der Waals surface area (Å²) in [5, 5.41) is 7.25. The van der Waals surface area contributed by atoms with Crippen LogP contribution >= 0.6 is 0 Å². The molecule has 1 aromatic heterocycles. The number of hydrogen-bond acceptors (Lipinski definition) is 4. The molecule has 2 aliphatic heterocycles. The summed E-state index contributed by atoms with van der Waals surface area (Å²) in [6.07, 6.45) is 2.50. The molecule has 0 aromatic carbocycles. The van der Waals surface area contributed by atoms with Crippen molar-refractivity contribution >= 4 is 5.91 Å². The Balaban J connectivity index is 1.59. The van der Waals surface area contributed by atoms with E-state index in [1.165, 1.54) is 5.56 Å². The minimum absolute atomic E-state index is 0.124. The van der Waals surface area contributed by atoms with Crippen LogP contribution in [-0.2, 0) is 14.3 Å². The molecule has 0 unspecified atom stereocenters. The summed E-state index contributed by atoms with van der Waals surface area (Å²) in [6.45, 7) is 9.05. The van der Waals surface area contributed by atoms with Gasteiger partial charge >= 0.3 is 0 Å². The fourth-order valence-electron chi connectivity index (χ4n) is 3.89. The van der Waals surface area contributed by atoms with Crippen molar-refractivity contribution in [2.24, 2.45) is 5.92 Å². The molecule has 1 N–H and O–H groups in total. The number of piperidine rings is 1. The molecule has 3 rings (SSSR count). The molecule has 2 saturated heterocycles.